The van der Waals surface area contributed by atoms with Gasteiger partial charge in [0.25, 0.3) is 0 Å². The number of hydrogen-bond acceptors (Lipinski definition) is 2. The molecule has 1 heterocycles. The zero-order valence-corrected chi connectivity index (χ0v) is 11.6. The van der Waals surface area contributed by atoms with Crippen molar-refractivity contribution in [1.82, 2.24) is 9.78 Å². The van der Waals surface area contributed by atoms with Crippen LogP contribution < -0.4 is 0 Å². The summed E-state index contributed by atoms with van der Waals surface area (Å²) >= 11 is 6.10. The Morgan fingerprint density at radius 2 is 1.84 bits per heavy atom. The molecule has 0 fully saturated rings. The summed E-state index contributed by atoms with van der Waals surface area (Å²) in [6.07, 6.45) is 0.0476. The molecular weight excluding hydrogens is 264 g/mol. The van der Waals surface area contributed by atoms with E-state index in [1.807, 2.05) is 42.8 Å². The van der Waals surface area contributed by atoms with Gasteiger partial charge in [0.15, 0.2) is 0 Å². The molecule has 2 aromatic rings. The zero-order valence-electron chi connectivity index (χ0n) is 10.9. The van der Waals surface area contributed by atoms with Gasteiger partial charge in [-0.25, -0.2) is 0 Å². The molecule has 0 atom stereocenters. The Hall–Kier alpha value is -1.81. The van der Waals surface area contributed by atoms with Gasteiger partial charge in [-0.2, -0.15) is 5.10 Å². The van der Waals surface area contributed by atoms with Crippen molar-refractivity contribution >= 4 is 17.6 Å². The predicted octanol–water partition coefficient (Wildman–Crippen LogP) is 2.83. The summed E-state index contributed by atoms with van der Waals surface area (Å²) in [4.78, 5) is 10.6. The Labute approximate surface area is 116 Å². The predicted molar refractivity (Wildman–Crippen MR) is 73.6 cm³/mol. The molecule has 19 heavy (non-hydrogen) atoms. The highest BCUT2D eigenvalue weighted by Crippen LogP contribution is 2.20. The van der Waals surface area contributed by atoms with Gasteiger partial charge in [-0.05, 0) is 25.0 Å². The van der Waals surface area contributed by atoms with Gasteiger partial charge in [-0.3, -0.25) is 9.48 Å². The van der Waals surface area contributed by atoms with Gasteiger partial charge in [-0.15, -0.1) is 0 Å². The fourth-order valence-corrected chi connectivity index (χ4v) is 2.07. The number of carboxylic acid groups (broad SMARTS) is 1. The van der Waals surface area contributed by atoms with E-state index >= 15 is 0 Å². The van der Waals surface area contributed by atoms with Crippen LogP contribution in [0.5, 0.6) is 0 Å². The minimum atomic E-state index is -0.821. The molecule has 0 saturated heterocycles. The van der Waals surface area contributed by atoms with Crippen LogP contribution in [0.1, 0.15) is 22.5 Å². The first-order valence-electron chi connectivity index (χ1n) is 5.96. The quantitative estimate of drug-likeness (QED) is 0.936. The van der Waals surface area contributed by atoms with Crippen LogP contribution in [-0.2, 0) is 17.8 Å². The van der Waals surface area contributed by atoms with Gasteiger partial charge in [-0.1, -0.05) is 35.9 Å². The third-order valence-corrected chi connectivity index (χ3v) is 3.55. The largest absolute Gasteiger partial charge is 0.481 e. The van der Waals surface area contributed by atoms with Crippen molar-refractivity contribution < 1.29 is 9.90 Å². The molecule has 1 N–H and O–H groups in total. The molecule has 0 radical (unpaired) electrons. The highest BCUT2D eigenvalue weighted by molar-refractivity contribution is 6.31. The number of benzene rings is 1. The molecule has 0 aliphatic carbocycles. The fourth-order valence-electron chi connectivity index (χ4n) is 1.94. The van der Waals surface area contributed by atoms with Crippen LogP contribution >= 0.6 is 11.6 Å². The van der Waals surface area contributed by atoms with Crippen LogP contribution in [0.3, 0.4) is 0 Å². The Morgan fingerprint density at radius 1 is 1.26 bits per heavy atom. The molecule has 4 nitrogen and oxygen atoms in total. The number of halogens is 1. The van der Waals surface area contributed by atoms with Gasteiger partial charge in [0.05, 0.1) is 29.4 Å². The van der Waals surface area contributed by atoms with E-state index in [2.05, 4.69) is 5.10 Å². The molecule has 0 saturated carbocycles. The minimum absolute atomic E-state index is 0.0476. The van der Waals surface area contributed by atoms with Crippen LogP contribution in [0.4, 0.5) is 0 Å². The number of carbonyl (C=O) groups is 1. The average Bonchev–Trinajstić information content (AvgIpc) is 2.59. The van der Waals surface area contributed by atoms with Crippen molar-refractivity contribution in [3.05, 3.63) is 51.8 Å². The molecule has 1 aromatic carbocycles. The maximum atomic E-state index is 10.6. The molecule has 0 aliphatic rings. The summed E-state index contributed by atoms with van der Waals surface area (Å²) in [6.45, 7) is 4.44. The molecule has 0 amide bonds. The van der Waals surface area contributed by atoms with E-state index < -0.39 is 5.97 Å². The van der Waals surface area contributed by atoms with E-state index in [1.165, 1.54) is 0 Å². The summed E-state index contributed by atoms with van der Waals surface area (Å²) in [6, 6.07) is 7.50. The van der Waals surface area contributed by atoms with Crippen molar-refractivity contribution in [1.29, 1.82) is 0 Å². The van der Waals surface area contributed by atoms with Gasteiger partial charge in [0.2, 0.25) is 0 Å². The van der Waals surface area contributed by atoms with Crippen LogP contribution in [0.25, 0.3) is 0 Å². The average molecular weight is 279 g/mol. The Kier molecular flexibility index (Phi) is 3.90. The first-order chi connectivity index (χ1) is 8.97. The van der Waals surface area contributed by atoms with E-state index in [-0.39, 0.29) is 6.42 Å². The van der Waals surface area contributed by atoms with Crippen molar-refractivity contribution in [2.45, 2.75) is 26.8 Å². The maximum absolute atomic E-state index is 10.6. The standard InChI is InChI=1S/C14H15ClN2O2/c1-9-14(15)10(2)17(16-9)8-12-5-3-11(4-6-12)7-13(18)19/h3-6H,7-8H2,1-2H3,(H,18,19). The summed E-state index contributed by atoms with van der Waals surface area (Å²) < 4.78 is 1.85. The van der Waals surface area contributed by atoms with Crippen LogP contribution in [0.15, 0.2) is 24.3 Å². The number of aromatic nitrogens is 2. The van der Waals surface area contributed by atoms with E-state index in [1.54, 1.807) is 0 Å². The van der Waals surface area contributed by atoms with Gasteiger partial charge >= 0.3 is 5.97 Å². The van der Waals surface area contributed by atoms with E-state index in [9.17, 15) is 4.79 Å². The zero-order chi connectivity index (χ0) is 14.0. The van der Waals surface area contributed by atoms with Crippen molar-refractivity contribution in [3.63, 3.8) is 0 Å². The number of nitrogens with zero attached hydrogens (tertiary/aromatic N) is 2. The molecule has 100 valence electrons. The van der Waals surface area contributed by atoms with Crippen molar-refractivity contribution in [2.24, 2.45) is 0 Å². The third-order valence-electron chi connectivity index (χ3n) is 3.00. The maximum Gasteiger partial charge on any atom is 0.307 e. The molecule has 1 aromatic heterocycles. The lowest BCUT2D eigenvalue weighted by molar-refractivity contribution is -0.136. The normalized spacial score (nSPS) is 10.7. The third kappa shape index (κ3) is 3.15. The molecule has 0 aliphatic heterocycles. The van der Waals surface area contributed by atoms with Gasteiger partial charge < -0.3 is 5.11 Å². The number of aryl methyl sites for hydroxylation is 1. The lowest BCUT2D eigenvalue weighted by Crippen LogP contribution is -2.05. The van der Waals surface area contributed by atoms with Crippen LogP contribution in [0.2, 0.25) is 5.02 Å². The number of carboxylic acids is 1. The second kappa shape index (κ2) is 5.45. The minimum Gasteiger partial charge on any atom is -0.481 e. The van der Waals surface area contributed by atoms with Crippen molar-refractivity contribution in [2.75, 3.05) is 0 Å². The molecular formula is C14H15ClN2O2. The highest BCUT2D eigenvalue weighted by atomic mass is 35.5. The lowest BCUT2D eigenvalue weighted by atomic mass is 10.1. The summed E-state index contributed by atoms with van der Waals surface area (Å²) in [5.74, 6) is -0.821. The van der Waals surface area contributed by atoms with Gasteiger partial charge in [0, 0.05) is 0 Å². The SMILES string of the molecule is Cc1nn(Cc2ccc(CC(=O)O)cc2)c(C)c1Cl. The van der Waals surface area contributed by atoms with Crippen LogP contribution in [-0.4, -0.2) is 20.9 Å². The van der Waals surface area contributed by atoms with E-state index in [4.69, 9.17) is 16.7 Å². The first kappa shape index (κ1) is 13.6. The topological polar surface area (TPSA) is 55.1 Å². The molecule has 0 bridgehead atoms. The highest BCUT2D eigenvalue weighted by Gasteiger charge is 2.09. The van der Waals surface area contributed by atoms with E-state index in [0.29, 0.717) is 11.6 Å². The second-order valence-corrected chi connectivity index (χ2v) is 4.91. The summed E-state index contributed by atoms with van der Waals surface area (Å²) in [5, 5.41) is 13.8. The molecule has 2 rings (SSSR count). The summed E-state index contributed by atoms with van der Waals surface area (Å²) in [5.41, 5.74) is 3.62. The number of aliphatic carboxylic acids is 1. The Morgan fingerprint density at radius 3 is 2.32 bits per heavy atom. The Balaban J connectivity index is 2.15. The number of hydrogen-bond donors (Lipinski definition) is 1. The lowest BCUT2D eigenvalue weighted by Gasteiger charge is -2.05. The molecule has 0 unspecified atom stereocenters. The molecule has 0 spiro atoms. The fraction of sp³-hybridized carbons (Fsp3) is 0.286. The van der Waals surface area contributed by atoms with Crippen LogP contribution in [0, 0.1) is 13.8 Å². The Bertz CT molecular complexity index is 603. The van der Waals surface area contributed by atoms with E-state index in [0.717, 1.165) is 22.5 Å². The summed E-state index contributed by atoms with van der Waals surface area (Å²) in [7, 11) is 0. The monoisotopic (exact) mass is 278 g/mol. The van der Waals surface area contributed by atoms with Crippen molar-refractivity contribution in [3.8, 4) is 0 Å². The number of rotatable bonds is 4. The smallest absolute Gasteiger partial charge is 0.307 e. The second-order valence-electron chi connectivity index (χ2n) is 4.53. The molecule has 5 heteroatoms. The first-order valence-corrected chi connectivity index (χ1v) is 6.34. The van der Waals surface area contributed by atoms with Gasteiger partial charge in [0.1, 0.15) is 0 Å².